The van der Waals surface area contributed by atoms with E-state index in [0.717, 1.165) is 37.4 Å². The third kappa shape index (κ3) is 6.10. The van der Waals surface area contributed by atoms with Gasteiger partial charge in [-0.2, -0.15) is 0 Å². The summed E-state index contributed by atoms with van der Waals surface area (Å²) < 4.78 is 5.70. The van der Waals surface area contributed by atoms with Crippen LogP contribution in [-0.2, 0) is 24.3 Å². The minimum atomic E-state index is 0.179. The van der Waals surface area contributed by atoms with E-state index in [1.54, 1.807) is 17.4 Å². The second kappa shape index (κ2) is 11.4. The van der Waals surface area contributed by atoms with E-state index in [2.05, 4.69) is 33.7 Å². The quantitative estimate of drug-likeness (QED) is 0.367. The number of guanidine groups is 1. The molecule has 7 heteroatoms. The van der Waals surface area contributed by atoms with Gasteiger partial charge in [0.2, 0.25) is 5.91 Å². The zero-order valence-corrected chi connectivity index (χ0v) is 18.3. The van der Waals surface area contributed by atoms with E-state index in [9.17, 15) is 4.79 Å². The van der Waals surface area contributed by atoms with Gasteiger partial charge in [-0.25, -0.2) is 4.99 Å². The lowest BCUT2D eigenvalue weighted by Gasteiger charge is -2.27. The number of nitrogens with one attached hydrogen (secondary N) is 2. The van der Waals surface area contributed by atoms with Crippen LogP contribution in [0.3, 0.4) is 0 Å². The molecular weight excluding hydrogens is 396 g/mol. The molecule has 0 radical (unpaired) electrons. The number of aliphatic imine (C=N–C) groups is 1. The SMILES string of the molecule is C=CCOc1ccccc1CN=C(NCC)NCCC(=O)N1CCc2sccc2C1. The number of ether oxygens (including phenoxy) is 1. The van der Waals surface area contributed by atoms with E-state index in [-0.39, 0.29) is 5.91 Å². The first-order valence-corrected chi connectivity index (χ1v) is 11.3. The summed E-state index contributed by atoms with van der Waals surface area (Å²) in [5, 5.41) is 8.62. The molecule has 0 fully saturated rings. The maximum absolute atomic E-state index is 12.6. The number of thiophene rings is 1. The van der Waals surface area contributed by atoms with Gasteiger partial charge < -0.3 is 20.3 Å². The summed E-state index contributed by atoms with van der Waals surface area (Å²) in [4.78, 5) is 20.6. The Morgan fingerprint density at radius 1 is 1.33 bits per heavy atom. The highest BCUT2D eigenvalue weighted by Crippen LogP contribution is 2.24. The zero-order chi connectivity index (χ0) is 21.2. The van der Waals surface area contributed by atoms with Crippen molar-refractivity contribution in [3.8, 4) is 5.75 Å². The molecule has 2 N–H and O–H groups in total. The predicted molar refractivity (Wildman–Crippen MR) is 123 cm³/mol. The summed E-state index contributed by atoms with van der Waals surface area (Å²) in [6.45, 7) is 9.50. The highest BCUT2D eigenvalue weighted by atomic mass is 32.1. The van der Waals surface area contributed by atoms with Crippen molar-refractivity contribution in [2.45, 2.75) is 32.9 Å². The largest absolute Gasteiger partial charge is 0.489 e. The number of benzene rings is 1. The molecule has 1 aliphatic rings. The molecule has 0 saturated heterocycles. The lowest BCUT2D eigenvalue weighted by atomic mass is 10.1. The van der Waals surface area contributed by atoms with E-state index >= 15 is 0 Å². The van der Waals surface area contributed by atoms with E-state index in [1.165, 1.54) is 10.4 Å². The van der Waals surface area contributed by atoms with Crippen molar-refractivity contribution in [3.63, 3.8) is 0 Å². The van der Waals surface area contributed by atoms with Crippen LogP contribution in [0, 0.1) is 0 Å². The Labute approximate surface area is 182 Å². The van der Waals surface area contributed by atoms with Crippen LogP contribution in [0.1, 0.15) is 29.3 Å². The monoisotopic (exact) mass is 426 g/mol. The van der Waals surface area contributed by atoms with Crippen LogP contribution in [0.25, 0.3) is 0 Å². The number of fused-ring (bicyclic) bond motifs is 1. The molecule has 160 valence electrons. The maximum atomic E-state index is 12.6. The molecule has 0 saturated carbocycles. The van der Waals surface area contributed by atoms with Crippen molar-refractivity contribution >= 4 is 23.2 Å². The Hall–Kier alpha value is -2.80. The van der Waals surface area contributed by atoms with Crippen LogP contribution in [-0.4, -0.2) is 43.0 Å². The van der Waals surface area contributed by atoms with Crippen LogP contribution in [0.2, 0.25) is 0 Å². The first kappa shape index (κ1) is 21.9. The predicted octanol–water partition coefficient (Wildman–Crippen LogP) is 3.34. The number of amides is 1. The Bertz CT molecular complexity index is 878. The molecule has 30 heavy (non-hydrogen) atoms. The summed E-state index contributed by atoms with van der Waals surface area (Å²) in [6.07, 6.45) is 3.14. The Balaban J connectivity index is 1.51. The van der Waals surface area contributed by atoms with Crippen LogP contribution in [0.5, 0.6) is 5.75 Å². The molecule has 6 nitrogen and oxygen atoms in total. The highest BCUT2D eigenvalue weighted by molar-refractivity contribution is 7.10. The molecule has 3 rings (SSSR count). The fourth-order valence-corrected chi connectivity index (χ4v) is 4.23. The number of nitrogens with zero attached hydrogens (tertiary/aromatic N) is 2. The molecule has 1 aliphatic heterocycles. The lowest BCUT2D eigenvalue weighted by Crippen LogP contribution is -2.41. The molecule has 2 heterocycles. The third-order valence-corrected chi connectivity index (χ3v) is 5.90. The standard InChI is InChI=1S/C23H30N4O2S/c1-3-14-29-20-8-6-5-7-18(20)16-26-23(24-4-2)25-12-9-22(28)27-13-10-21-19(17-27)11-15-30-21/h3,5-8,11,15H,1,4,9-10,12-14,16-17H2,2H3,(H2,24,25,26). The lowest BCUT2D eigenvalue weighted by molar-refractivity contribution is -0.131. The number of hydrogen-bond acceptors (Lipinski definition) is 4. The van der Waals surface area contributed by atoms with Crippen molar-refractivity contribution < 1.29 is 9.53 Å². The van der Waals surface area contributed by atoms with Gasteiger partial charge in [0.1, 0.15) is 12.4 Å². The topological polar surface area (TPSA) is 66.0 Å². The fourth-order valence-electron chi connectivity index (χ4n) is 3.34. The Morgan fingerprint density at radius 2 is 2.20 bits per heavy atom. The van der Waals surface area contributed by atoms with E-state index < -0.39 is 0 Å². The minimum absolute atomic E-state index is 0.179. The van der Waals surface area contributed by atoms with Crippen LogP contribution < -0.4 is 15.4 Å². The second-order valence-electron chi connectivity index (χ2n) is 7.01. The van der Waals surface area contributed by atoms with E-state index in [0.29, 0.717) is 32.1 Å². The molecule has 0 bridgehead atoms. The van der Waals surface area contributed by atoms with Crippen molar-refractivity contribution in [3.05, 3.63) is 64.4 Å². The van der Waals surface area contributed by atoms with E-state index in [1.807, 2.05) is 36.1 Å². The van der Waals surface area contributed by atoms with Crippen molar-refractivity contribution in [2.24, 2.45) is 4.99 Å². The second-order valence-corrected chi connectivity index (χ2v) is 8.01. The van der Waals surface area contributed by atoms with Gasteiger partial charge in [-0.1, -0.05) is 30.9 Å². The number of para-hydroxylation sites is 1. The van der Waals surface area contributed by atoms with Crippen molar-refractivity contribution in [1.29, 1.82) is 0 Å². The van der Waals surface area contributed by atoms with Gasteiger partial charge >= 0.3 is 0 Å². The van der Waals surface area contributed by atoms with Gasteiger partial charge in [0.05, 0.1) is 6.54 Å². The molecule has 1 aromatic carbocycles. The van der Waals surface area contributed by atoms with Crippen molar-refractivity contribution in [2.75, 3.05) is 26.2 Å². The number of carbonyl (C=O) groups is 1. The Morgan fingerprint density at radius 3 is 3.03 bits per heavy atom. The number of hydrogen-bond donors (Lipinski definition) is 2. The van der Waals surface area contributed by atoms with Gasteiger partial charge in [-0.15, -0.1) is 11.3 Å². The maximum Gasteiger partial charge on any atom is 0.224 e. The first-order chi connectivity index (χ1) is 14.7. The number of rotatable bonds is 9. The summed E-state index contributed by atoms with van der Waals surface area (Å²) in [5.41, 5.74) is 2.30. The third-order valence-electron chi connectivity index (χ3n) is 4.87. The minimum Gasteiger partial charge on any atom is -0.489 e. The molecule has 0 unspecified atom stereocenters. The normalized spacial score (nSPS) is 13.5. The molecule has 1 aromatic heterocycles. The van der Waals surface area contributed by atoms with Crippen molar-refractivity contribution in [1.82, 2.24) is 15.5 Å². The molecule has 0 atom stereocenters. The van der Waals surface area contributed by atoms with Gasteiger partial charge in [0, 0.05) is 43.0 Å². The van der Waals surface area contributed by atoms with Crippen LogP contribution in [0.4, 0.5) is 0 Å². The van der Waals surface area contributed by atoms with Gasteiger partial charge in [-0.3, -0.25) is 4.79 Å². The molecule has 0 aliphatic carbocycles. The van der Waals surface area contributed by atoms with E-state index in [4.69, 9.17) is 4.74 Å². The number of carbonyl (C=O) groups excluding carboxylic acids is 1. The van der Waals surface area contributed by atoms with Crippen LogP contribution >= 0.6 is 11.3 Å². The highest BCUT2D eigenvalue weighted by Gasteiger charge is 2.21. The van der Waals surface area contributed by atoms with Gasteiger partial charge in [0.25, 0.3) is 0 Å². The molecule has 1 amide bonds. The summed E-state index contributed by atoms with van der Waals surface area (Å²) >= 11 is 1.79. The summed E-state index contributed by atoms with van der Waals surface area (Å²) in [7, 11) is 0. The molecule has 2 aromatic rings. The smallest absolute Gasteiger partial charge is 0.224 e. The molecular formula is C23H30N4O2S. The zero-order valence-electron chi connectivity index (χ0n) is 17.5. The van der Waals surface area contributed by atoms with Gasteiger partial charge in [0.15, 0.2) is 5.96 Å². The summed E-state index contributed by atoms with van der Waals surface area (Å²) in [6, 6.07) is 9.99. The molecule has 0 spiro atoms. The average Bonchev–Trinajstić information content (AvgIpc) is 3.24. The summed E-state index contributed by atoms with van der Waals surface area (Å²) in [5.74, 6) is 1.69. The van der Waals surface area contributed by atoms with Gasteiger partial charge in [-0.05, 0) is 36.4 Å². The average molecular weight is 427 g/mol. The first-order valence-electron chi connectivity index (χ1n) is 10.4. The Kier molecular flexibility index (Phi) is 8.32. The van der Waals surface area contributed by atoms with Crippen LogP contribution in [0.15, 0.2) is 53.4 Å². The fraction of sp³-hybridized carbons (Fsp3) is 0.391.